The second-order valence-electron chi connectivity index (χ2n) is 10.6. The normalized spacial score (nSPS) is 17.2. The van der Waals surface area contributed by atoms with Crippen LogP contribution in [0.3, 0.4) is 0 Å². The van der Waals surface area contributed by atoms with Crippen molar-refractivity contribution in [1.82, 2.24) is 14.5 Å². The number of benzene rings is 2. The molecule has 6 rings (SSSR count). The van der Waals surface area contributed by atoms with Gasteiger partial charge in [-0.3, -0.25) is 14.5 Å². The van der Waals surface area contributed by atoms with Gasteiger partial charge in [-0.15, -0.1) is 0 Å². The Morgan fingerprint density at radius 3 is 2.62 bits per heavy atom. The fraction of sp³-hybridized carbons (Fsp3) is 0.290. The molecule has 1 N–H and O–H groups in total. The van der Waals surface area contributed by atoms with Gasteiger partial charge in [-0.1, -0.05) is 29.8 Å². The van der Waals surface area contributed by atoms with Gasteiger partial charge in [0.1, 0.15) is 24.9 Å². The van der Waals surface area contributed by atoms with Crippen LogP contribution < -0.4 is 19.7 Å². The number of nitrogens with zero attached hydrogens (tertiary/aromatic N) is 4. The molecule has 0 saturated carbocycles. The molecular weight excluding hydrogens is 561 g/mol. The minimum Gasteiger partial charge on any atom is -0.496 e. The second-order valence-corrected chi connectivity index (χ2v) is 11.1. The zero-order chi connectivity index (χ0) is 29.9. The van der Waals surface area contributed by atoms with Gasteiger partial charge in [-0.05, 0) is 57.0 Å². The molecule has 9 nitrogen and oxygen atoms in total. The molecule has 0 fully saturated rings. The molecular formula is C31H29ClFN5O4. The van der Waals surface area contributed by atoms with Gasteiger partial charge in [-0.2, -0.15) is 0 Å². The van der Waals surface area contributed by atoms with E-state index in [1.807, 2.05) is 56.5 Å². The second kappa shape index (κ2) is 10.1. The SMILES string of the molecule is COc1cc(OCCF)ncc1-c1nc2c(n1C(C)C)C1(C(=O)Nc3cc(C)ccc31)N(c1cc(Cl)ccc1C)C2=O. The Morgan fingerprint density at radius 1 is 1.12 bits per heavy atom. The molecule has 4 heterocycles. The van der Waals surface area contributed by atoms with E-state index in [1.54, 1.807) is 18.2 Å². The topological polar surface area (TPSA) is 98.6 Å². The van der Waals surface area contributed by atoms with Crippen molar-refractivity contribution in [2.24, 2.45) is 0 Å². The molecule has 2 amide bonds. The summed E-state index contributed by atoms with van der Waals surface area (Å²) in [5.41, 5.74) is 3.02. The summed E-state index contributed by atoms with van der Waals surface area (Å²) < 4.78 is 25.6. The van der Waals surface area contributed by atoms with Gasteiger partial charge in [0.25, 0.3) is 11.8 Å². The van der Waals surface area contributed by atoms with Crippen molar-refractivity contribution in [3.05, 3.63) is 81.8 Å². The number of carbonyl (C=O) groups excluding carboxylic acids is 2. The number of anilines is 2. The molecule has 11 heteroatoms. The van der Waals surface area contributed by atoms with E-state index < -0.39 is 18.1 Å². The Morgan fingerprint density at radius 2 is 1.90 bits per heavy atom. The number of hydrogen-bond donors (Lipinski definition) is 1. The molecule has 1 atom stereocenters. The summed E-state index contributed by atoms with van der Waals surface area (Å²) in [5.74, 6) is 0.163. The van der Waals surface area contributed by atoms with Gasteiger partial charge in [0.05, 0.1) is 24.1 Å². The van der Waals surface area contributed by atoms with Crippen LogP contribution in [0.1, 0.15) is 52.8 Å². The minimum absolute atomic E-state index is 0.140. The van der Waals surface area contributed by atoms with E-state index in [0.717, 1.165) is 11.1 Å². The number of nitrogens with one attached hydrogen (secondary N) is 1. The Bertz CT molecular complexity index is 1770. The number of rotatable bonds is 7. The molecule has 2 aliphatic rings. The van der Waals surface area contributed by atoms with E-state index in [9.17, 15) is 14.0 Å². The molecule has 2 aromatic heterocycles. The monoisotopic (exact) mass is 589 g/mol. The zero-order valence-electron chi connectivity index (χ0n) is 23.8. The number of aromatic nitrogens is 3. The van der Waals surface area contributed by atoms with Crippen LogP contribution in [0.25, 0.3) is 11.4 Å². The summed E-state index contributed by atoms with van der Waals surface area (Å²) in [6.45, 7) is 6.92. The summed E-state index contributed by atoms with van der Waals surface area (Å²) in [4.78, 5) is 39.6. The largest absolute Gasteiger partial charge is 0.496 e. The summed E-state index contributed by atoms with van der Waals surface area (Å²) >= 11 is 6.43. The maximum absolute atomic E-state index is 14.5. The van der Waals surface area contributed by atoms with Crippen LogP contribution in [0.5, 0.6) is 11.6 Å². The first kappa shape index (κ1) is 27.7. The van der Waals surface area contributed by atoms with Crippen molar-refractivity contribution >= 4 is 34.8 Å². The fourth-order valence-electron chi connectivity index (χ4n) is 5.94. The van der Waals surface area contributed by atoms with Crippen LogP contribution in [0.15, 0.2) is 48.7 Å². The molecule has 0 radical (unpaired) electrons. The molecule has 0 saturated heterocycles. The lowest BCUT2D eigenvalue weighted by Crippen LogP contribution is -2.51. The number of aryl methyl sites for hydroxylation is 2. The van der Waals surface area contributed by atoms with E-state index in [1.165, 1.54) is 18.2 Å². The average Bonchev–Trinajstić information content (AvgIpc) is 3.57. The zero-order valence-corrected chi connectivity index (χ0v) is 24.5. The third kappa shape index (κ3) is 3.88. The lowest BCUT2D eigenvalue weighted by molar-refractivity contribution is -0.119. The average molecular weight is 590 g/mol. The number of imidazole rings is 1. The highest BCUT2D eigenvalue weighted by molar-refractivity contribution is 6.31. The fourth-order valence-corrected chi connectivity index (χ4v) is 6.11. The third-order valence-corrected chi connectivity index (χ3v) is 7.93. The number of ether oxygens (including phenoxy) is 2. The first-order valence-electron chi connectivity index (χ1n) is 13.5. The molecule has 42 heavy (non-hydrogen) atoms. The van der Waals surface area contributed by atoms with Crippen LogP contribution >= 0.6 is 11.6 Å². The van der Waals surface area contributed by atoms with Crippen molar-refractivity contribution in [2.45, 2.75) is 39.3 Å². The number of amides is 2. The predicted molar refractivity (Wildman–Crippen MR) is 157 cm³/mol. The maximum atomic E-state index is 14.5. The van der Waals surface area contributed by atoms with Gasteiger partial charge in [0.2, 0.25) is 5.88 Å². The quantitative estimate of drug-likeness (QED) is 0.283. The number of fused-ring (bicyclic) bond motifs is 4. The molecule has 0 bridgehead atoms. The van der Waals surface area contributed by atoms with Crippen molar-refractivity contribution in [1.29, 1.82) is 0 Å². The van der Waals surface area contributed by atoms with Crippen LogP contribution in [0.4, 0.5) is 15.8 Å². The van der Waals surface area contributed by atoms with Crippen molar-refractivity contribution in [2.75, 3.05) is 30.6 Å². The van der Waals surface area contributed by atoms with Crippen molar-refractivity contribution < 1.29 is 23.5 Å². The molecule has 216 valence electrons. The van der Waals surface area contributed by atoms with Crippen LogP contribution in [0, 0.1) is 13.8 Å². The number of methoxy groups -OCH3 is 1. The first-order chi connectivity index (χ1) is 20.1. The van der Waals surface area contributed by atoms with Gasteiger partial charge in [0.15, 0.2) is 11.2 Å². The van der Waals surface area contributed by atoms with E-state index in [2.05, 4.69) is 10.3 Å². The number of carbonyl (C=O) groups is 2. The number of halogens is 2. The maximum Gasteiger partial charge on any atom is 0.280 e. The number of alkyl halides is 1. The summed E-state index contributed by atoms with van der Waals surface area (Å²) in [6.07, 6.45) is 1.52. The van der Waals surface area contributed by atoms with Gasteiger partial charge in [-0.25, -0.2) is 14.4 Å². The molecule has 1 spiro atoms. The summed E-state index contributed by atoms with van der Waals surface area (Å²) in [5, 5.41) is 3.47. The van der Waals surface area contributed by atoms with E-state index in [4.69, 9.17) is 26.1 Å². The highest BCUT2D eigenvalue weighted by Gasteiger charge is 2.64. The molecule has 2 aromatic carbocycles. The van der Waals surface area contributed by atoms with Crippen molar-refractivity contribution in [3.63, 3.8) is 0 Å². The van der Waals surface area contributed by atoms with Gasteiger partial charge >= 0.3 is 0 Å². The Hall–Kier alpha value is -4.44. The predicted octanol–water partition coefficient (Wildman–Crippen LogP) is 6.01. The Balaban J connectivity index is 1.67. The van der Waals surface area contributed by atoms with Crippen LogP contribution in [-0.2, 0) is 10.3 Å². The minimum atomic E-state index is -1.56. The first-order valence-corrected chi connectivity index (χ1v) is 13.9. The number of hydrogen-bond acceptors (Lipinski definition) is 6. The summed E-state index contributed by atoms with van der Waals surface area (Å²) in [6, 6.07) is 12.3. The standard InChI is InChI=1S/C31H29ClFN5O4/c1-16(2)37-27-26(36-28(37)20-15-34-25(42-11-10-33)14-24(20)41-5)29(39)38(23-13-19(32)8-7-18(23)4)31(27)21-9-6-17(3)12-22(21)35-30(31)40/h6-9,12-16H,10-11H2,1-5H3,(H,35,40). The lowest BCUT2D eigenvalue weighted by Gasteiger charge is -2.36. The molecule has 2 aliphatic heterocycles. The van der Waals surface area contributed by atoms with Crippen molar-refractivity contribution in [3.8, 4) is 23.0 Å². The molecule has 1 unspecified atom stereocenters. The van der Waals surface area contributed by atoms with Crippen LogP contribution in [-0.4, -0.2) is 46.7 Å². The van der Waals surface area contributed by atoms with E-state index in [0.29, 0.717) is 44.8 Å². The highest BCUT2D eigenvalue weighted by atomic mass is 35.5. The smallest absolute Gasteiger partial charge is 0.280 e. The van der Waals surface area contributed by atoms with Crippen LogP contribution in [0.2, 0.25) is 5.02 Å². The van der Waals surface area contributed by atoms with E-state index >= 15 is 0 Å². The third-order valence-electron chi connectivity index (χ3n) is 7.69. The lowest BCUT2D eigenvalue weighted by atomic mass is 9.86. The Kier molecular flexibility index (Phi) is 6.68. The molecule has 4 aromatic rings. The number of pyridine rings is 1. The molecule has 0 aliphatic carbocycles. The summed E-state index contributed by atoms with van der Waals surface area (Å²) in [7, 11) is 1.49. The van der Waals surface area contributed by atoms with E-state index in [-0.39, 0.29) is 30.1 Å². The Labute approximate surface area is 247 Å². The van der Waals surface area contributed by atoms with Gasteiger partial charge in [0, 0.05) is 34.6 Å². The van der Waals surface area contributed by atoms with Gasteiger partial charge < -0.3 is 19.4 Å². The highest BCUT2D eigenvalue weighted by Crippen LogP contribution is 2.55.